The number of esters is 1. The first-order valence-electron chi connectivity index (χ1n) is 9.38. The highest BCUT2D eigenvalue weighted by Crippen LogP contribution is 2.33. The number of carbonyl (C=O) groups excluding carboxylic acids is 1. The number of aromatic nitrogens is 3. The van der Waals surface area contributed by atoms with Gasteiger partial charge in [-0.25, -0.2) is 4.39 Å². The Hall–Kier alpha value is -3.07. The Morgan fingerprint density at radius 1 is 1.17 bits per heavy atom. The Morgan fingerprint density at radius 3 is 2.57 bits per heavy atom. The minimum absolute atomic E-state index is 0.0692. The van der Waals surface area contributed by atoms with Crippen LogP contribution in [0.2, 0.25) is 0 Å². The molecule has 0 amide bonds. The molecule has 0 radical (unpaired) electrons. The molecule has 3 aromatic rings. The summed E-state index contributed by atoms with van der Waals surface area (Å²) in [6, 6.07) is 13.4. The third kappa shape index (κ3) is 4.25. The van der Waals surface area contributed by atoms with Gasteiger partial charge in [0.05, 0.1) is 12.8 Å². The molecule has 30 heavy (non-hydrogen) atoms. The van der Waals surface area contributed by atoms with Crippen LogP contribution in [0.4, 0.5) is 4.39 Å². The summed E-state index contributed by atoms with van der Waals surface area (Å²) in [7, 11) is 1.59. The van der Waals surface area contributed by atoms with E-state index >= 15 is 0 Å². The number of cyclic esters (lactones) is 1. The zero-order valence-electron chi connectivity index (χ0n) is 16.4. The van der Waals surface area contributed by atoms with E-state index in [4.69, 9.17) is 14.2 Å². The van der Waals surface area contributed by atoms with Gasteiger partial charge >= 0.3 is 5.97 Å². The summed E-state index contributed by atoms with van der Waals surface area (Å²) in [5.74, 6) is 1.02. The normalized spacial score (nSPS) is 18.3. The lowest BCUT2D eigenvalue weighted by Gasteiger charge is -2.13. The second-order valence-electron chi connectivity index (χ2n) is 6.74. The van der Waals surface area contributed by atoms with E-state index in [0.717, 1.165) is 0 Å². The van der Waals surface area contributed by atoms with E-state index in [0.29, 0.717) is 28.9 Å². The van der Waals surface area contributed by atoms with Gasteiger partial charge in [-0.15, -0.1) is 10.2 Å². The van der Waals surface area contributed by atoms with Crippen LogP contribution in [0, 0.1) is 5.82 Å². The SMILES string of the molecule is COc1ccc(OCc2nnc(S[C@H]3C[C@@H](C)OC3=O)n2-c2ccccc2F)cc1. The van der Waals surface area contributed by atoms with Crippen LogP contribution in [0.15, 0.2) is 53.7 Å². The molecule has 156 valence electrons. The summed E-state index contributed by atoms with van der Waals surface area (Å²) in [4.78, 5) is 12.1. The van der Waals surface area contributed by atoms with Crippen LogP contribution in [0.1, 0.15) is 19.2 Å². The highest BCUT2D eigenvalue weighted by Gasteiger charge is 2.34. The van der Waals surface area contributed by atoms with Crippen molar-refractivity contribution in [2.75, 3.05) is 7.11 Å². The molecule has 0 unspecified atom stereocenters. The molecule has 0 bridgehead atoms. The van der Waals surface area contributed by atoms with Gasteiger partial charge in [-0.05, 0) is 43.3 Å². The maximum Gasteiger partial charge on any atom is 0.319 e. The molecule has 0 N–H and O–H groups in total. The fraction of sp³-hybridized carbons (Fsp3) is 0.286. The third-order valence-corrected chi connectivity index (χ3v) is 5.74. The quantitative estimate of drug-likeness (QED) is 0.529. The van der Waals surface area contributed by atoms with Crippen LogP contribution < -0.4 is 9.47 Å². The van der Waals surface area contributed by atoms with Crippen molar-refractivity contribution in [1.82, 2.24) is 14.8 Å². The number of para-hydroxylation sites is 1. The molecule has 0 spiro atoms. The lowest BCUT2D eigenvalue weighted by atomic mass is 10.3. The largest absolute Gasteiger partial charge is 0.497 e. The molecule has 2 atom stereocenters. The third-order valence-electron chi connectivity index (χ3n) is 4.60. The number of thioether (sulfide) groups is 1. The number of benzene rings is 2. The summed E-state index contributed by atoms with van der Waals surface area (Å²) in [5, 5.41) is 8.38. The van der Waals surface area contributed by atoms with Gasteiger partial charge in [-0.3, -0.25) is 9.36 Å². The lowest BCUT2D eigenvalue weighted by Crippen LogP contribution is -2.13. The van der Waals surface area contributed by atoms with Gasteiger partial charge in [0.25, 0.3) is 0 Å². The van der Waals surface area contributed by atoms with Gasteiger partial charge in [0.2, 0.25) is 0 Å². The Kier molecular flexibility index (Phi) is 5.89. The standard InChI is InChI=1S/C21H20FN3O4S/c1-13-11-18(20(26)29-13)30-21-24-23-19(25(21)17-6-4-3-5-16(17)22)12-28-15-9-7-14(27-2)8-10-15/h3-10,13,18H,11-12H2,1-2H3/t13-,18+/m1/s1. The molecule has 7 nitrogen and oxygen atoms in total. The molecule has 1 fully saturated rings. The monoisotopic (exact) mass is 429 g/mol. The molecule has 1 saturated heterocycles. The Labute approximate surface area is 177 Å². The molecule has 2 aromatic carbocycles. The van der Waals surface area contributed by atoms with Crippen LogP contribution in [0.3, 0.4) is 0 Å². The predicted octanol–water partition coefficient (Wildman–Crippen LogP) is 3.79. The number of hydrogen-bond acceptors (Lipinski definition) is 7. The number of ether oxygens (including phenoxy) is 3. The van der Waals surface area contributed by atoms with E-state index in [2.05, 4.69) is 10.2 Å². The minimum atomic E-state index is -0.424. The fourth-order valence-corrected chi connectivity index (χ4v) is 4.28. The van der Waals surface area contributed by atoms with Crippen molar-refractivity contribution < 1.29 is 23.4 Å². The zero-order chi connectivity index (χ0) is 21.1. The first-order chi connectivity index (χ1) is 14.5. The maximum atomic E-state index is 14.6. The zero-order valence-corrected chi connectivity index (χ0v) is 17.3. The topological polar surface area (TPSA) is 75.5 Å². The Bertz CT molecular complexity index is 1040. The summed E-state index contributed by atoms with van der Waals surface area (Å²) in [6.45, 7) is 1.91. The average molecular weight is 429 g/mol. The van der Waals surface area contributed by atoms with Gasteiger partial charge in [0.15, 0.2) is 11.0 Å². The maximum absolute atomic E-state index is 14.6. The van der Waals surface area contributed by atoms with E-state index in [9.17, 15) is 9.18 Å². The summed E-state index contributed by atoms with van der Waals surface area (Å²) < 4.78 is 32.3. The van der Waals surface area contributed by atoms with Crippen molar-refractivity contribution in [3.8, 4) is 17.2 Å². The summed E-state index contributed by atoms with van der Waals surface area (Å²) in [5.41, 5.74) is 0.290. The number of carbonyl (C=O) groups is 1. The fourth-order valence-electron chi connectivity index (χ4n) is 3.11. The van der Waals surface area contributed by atoms with Gasteiger partial charge in [-0.2, -0.15) is 0 Å². The number of halogens is 1. The van der Waals surface area contributed by atoms with Gasteiger partial charge < -0.3 is 14.2 Å². The number of nitrogens with zero attached hydrogens (tertiary/aromatic N) is 3. The molecule has 2 heterocycles. The van der Waals surface area contributed by atoms with E-state index in [1.165, 1.54) is 17.8 Å². The molecule has 9 heteroatoms. The Balaban J connectivity index is 1.62. The van der Waals surface area contributed by atoms with E-state index in [-0.39, 0.29) is 24.4 Å². The van der Waals surface area contributed by atoms with Gasteiger partial charge in [-0.1, -0.05) is 23.9 Å². The van der Waals surface area contributed by atoms with Crippen molar-refractivity contribution in [1.29, 1.82) is 0 Å². The second kappa shape index (κ2) is 8.74. The molecule has 1 aliphatic rings. The van der Waals surface area contributed by atoms with Gasteiger partial charge in [0.1, 0.15) is 35.3 Å². The molecule has 4 rings (SSSR count). The highest BCUT2D eigenvalue weighted by molar-refractivity contribution is 8.00. The van der Waals surface area contributed by atoms with Crippen molar-refractivity contribution >= 4 is 17.7 Å². The first-order valence-corrected chi connectivity index (χ1v) is 10.3. The molecular weight excluding hydrogens is 409 g/mol. The molecular formula is C21H20FN3O4S. The van der Waals surface area contributed by atoms with Crippen molar-refractivity contribution in [2.45, 2.75) is 36.5 Å². The molecule has 1 aliphatic heterocycles. The van der Waals surface area contributed by atoms with Crippen LogP contribution in [0.5, 0.6) is 11.5 Å². The van der Waals surface area contributed by atoms with E-state index in [1.54, 1.807) is 54.1 Å². The minimum Gasteiger partial charge on any atom is -0.497 e. The average Bonchev–Trinajstić information content (AvgIpc) is 3.29. The number of hydrogen-bond donors (Lipinski definition) is 0. The van der Waals surface area contributed by atoms with Crippen LogP contribution in [-0.4, -0.2) is 39.2 Å². The number of methoxy groups -OCH3 is 1. The smallest absolute Gasteiger partial charge is 0.319 e. The van der Waals surface area contributed by atoms with Crippen molar-refractivity contribution in [3.05, 3.63) is 60.2 Å². The van der Waals surface area contributed by atoms with Crippen LogP contribution in [0.25, 0.3) is 5.69 Å². The summed E-state index contributed by atoms with van der Waals surface area (Å²) >= 11 is 1.22. The second-order valence-corrected chi connectivity index (χ2v) is 7.91. The first kappa shape index (κ1) is 20.2. The number of rotatable bonds is 7. The molecule has 0 aliphatic carbocycles. The molecule has 1 aromatic heterocycles. The van der Waals surface area contributed by atoms with Crippen LogP contribution in [-0.2, 0) is 16.1 Å². The molecule has 0 saturated carbocycles. The van der Waals surface area contributed by atoms with Gasteiger partial charge in [0, 0.05) is 6.42 Å². The Morgan fingerprint density at radius 2 is 1.90 bits per heavy atom. The summed E-state index contributed by atoms with van der Waals surface area (Å²) in [6.07, 6.45) is 0.406. The van der Waals surface area contributed by atoms with Crippen LogP contribution >= 0.6 is 11.8 Å². The predicted molar refractivity (Wildman–Crippen MR) is 108 cm³/mol. The van der Waals surface area contributed by atoms with E-state index < -0.39 is 11.1 Å². The highest BCUT2D eigenvalue weighted by atomic mass is 32.2. The lowest BCUT2D eigenvalue weighted by molar-refractivity contribution is -0.140. The van der Waals surface area contributed by atoms with E-state index in [1.807, 2.05) is 6.92 Å². The van der Waals surface area contributed by atoms with Crippen molar-refractivity contribution in [3.63, 3.8) is 0 Å². The van der Waals surface area contributed by atoms with Crippen molar-refractivity contribution in [2.24, 2.45) is 0 Å².